The van der Waals surface area contributed by atoms with Crippen LogP contribution in [0.25, 0.3) is 0 Å². The minimum Gasteiger partial charge on any atom is -0.381 e. The molecule has 1 aliphatic rings. The Morgan fingerprint density at radius 3 is 2.18 bits per heavy atom. The van der Waals surface area contributed by atoms with Gasteiger partial charge in [0, 0.05) is 13.2 Å². The maximum Gasteiger partial charge on any atom is 0.255 e. The van der Waals surface area contributed by atoms with Crippen molar-refractivity contribution in [2.45, 2.75) is 19.3 Å². The van der Waals surface area contributed by atoms with Crippen LogP contribution in [0.5, 0.6) is 0 Å². The molecule has 3 heteroatoms. The van der Waals surface area contributed by atoms with Gasteiger partial charge >= 0.3 is 0 Å². The first-order valence-electron chi connectivity index (χ1n) is 3.55. The number of ether oxygens (including phenoxy) is 1. The maximum atomic E-state index is 12.4. The van der Waals surface area contributed by atoms with Gasteiger partial charge in [0.05, 0.1) is 5.41 Å². The second-order valence-electron chi connectivity index (χ2n) is 2.71. The highest BCUT2D eigenvalue weighted by atomic mass is 19.3. The van der Waals surface area contributed by atoms with Crippen molar-refractivity contribution in [3.8, 4) is 12.3 Å². The Hall–Kier alpha value is -0.620. The molecule has 1 heterocycles. The molecular formula is C8H10F2O. The van der Waals surface area contributed by atoms with Crippen molar-refractivity contribution < 1.29 is 13.5 Å². The summed E-state index contributed by atoms with van der Waals surface area (Å²) < 4.78 is 29.7. The van der Waals surface area contributed by atoms with Gasteiger partial charge in [-0.3, -0.25) is 0 Å². The molecule has 0 aromatic rings. The fraction of sp³-hybridized carbons (Fsp3) is 0.750. The molecule has 0 aliphatic carbocycles. The molecule has 0 aromatic heterocycles. The highest BCUT2D eigenvalue weighted by Gasteiger charge is 2.39. The average Bonchev–Trinajstić information content (AvgIpc) is 2.05. The molecule has 0 N–H and O–H groups in total. The second kappa shape index (κ2) is 3.19. The van der Waals surface area contributed by atoms with Crippen molar-refractivity contribution in [2.24, 2.45) is 5.41 Å². The Labute approximate surface area is 64.7 Å². The summed E-state index contributed by atoms with van der Waals surface area (Å²) >= 11 is 0. The van der Waals surface area contributed by atoms with E-state index in [-0.39, 0.29) is 12.8 Å². The van der Waals surface area contributed by atoms with Crippen molar-refractivity contribution in [3.63, 3.8) is 0 Å². The summed E-state index contributed by atoms with van der Waals surface area (Å²) in [6.07, 6.45) is 3.19. The predicted molar refractivity (Wildman–Crippen MR) is 37.3 cm³/mol. The number of hydrogen-bond donors (Lipinski definition) is 0. The number of terminal acetylenes is 1. The molecule has 1 nitrogen and oxygen atoms in total. The summed E-state index contributed by atoms with van der Waals surface area (Å²) in [5, 5.41) is 0. The summed E-state index contributed by atoms with van der Waals surface area (Å²) in [6.45, 7) is 0.711. The zero-order chi connectivity index (χ0) is 8.32. The van der Waals surface area contributed by atoms with E-state index in [1.54, 1.807) is 0 Å². The first kappa shape index (κ1) is 8.48. The molecule has 62 valence electrons. The van der Waals surface area contributed by atoms with Gasteiger partial charge in [0.15, 0.2) is 0 Å². The third-order valence-electron chi connectivity index (χ3n) is 2.09. The molecule has 0 radical (unpaired) electrons. The fourth-order valence-corrected chi connectivity index (χ4v) is 1.16. The van der Waals surface area contributed by atoms with Crippen LogP contribution >= 0.6 is 0 Å². The van der Waals surface area contributed by atoms with Gasteiger partial charge in [-0.2, -0.15) is 0 Å². The molecule has 0 aromatic carbocycles. The molecule has 0 unspecified atom stereocenters. The molecule has 0 atom stereocenters. The molecule has 1 fully saturated rings. The zero-order valence-electron chi connectivity index (χ0n) is 6.15. The SMILES string of the molecule is C#CC1(C(F)F)CCOCC1. The van der Waals surface area contributed by atoms with Crippen LogP contribution in [-0.4, -0.2) is 19.6 Å². The highest BCUT2D eigenvalue weighted by molar-refractivity contribution is 5.08. The molecule has 1 aliphatic heterocycles. The Morgan fingerprint density at radius 1 is 1.36 bits per heavy atom. The van der Waals surface area contributed by atoms with E-state index in [1.807, 2.05) is 0 Å². The van der Waals surface area contributed by atoms with Gasteiger partial charge in [-0.05, 0) is 12.8 Å². The van der Waals surface area contributed by atoms with Crippen LogP contribution in [0.4, 0.5) is 8.78 Å². The molecule has 0 bridgehead atoms. The van der Waals surface area contributed by atoms with Crippen LogP contribution in [0.2, 0.25) is 0 Å². The van der Waals surface area contributed by atoms with Crippen LogP contribution in [0.3, 0.4) is 0 Å². The van der Waals surface area contributed by atoms with Crippen molar-refractivity contribution in [1.82, 2.24) is 0 Å². The first-order chi connectivity index (χ1) is 5.21. The van der Waals surface area contributed by atoms with Crippen LogP contribution < -0.4 is 0 Å². The Kier molecular flexibility index (Phi) is 2.45. The third kappa shape index (κ3) is 1.51. The molecule has 1 rings (SSSR count). The maximum absolute atomic E-state index is 12.4. The van der Waals surface area contributed by atoms with Crippen molar-refractivity contribution >= 4 is 0 Å². The van der Waals surface area contributed by atoms with Crippen LogP contribution in [-0.2, 0) is 4.74 Å². The van der Waals surface area contributed by atoms with E-state index in [0.29, 0.717) is 13.2 Å². The van der Waals surface area contributed by atoms with Crippen LogP contribution in [0.15, 0.2) is 0 Å². The largest absolute Gasteiger partial charge is 0.381 e. The normalized spacial score (nSPS) is 23.1. The lowest BCUT2D eigenvalue weighted by atomic mass is 9.82. The van der Waals surface area contributed by atoms with Gasteiger partial charge in [0.25, 0.3) is 6.43 Å². The zero-order valence-corrected chi connectivity index (χ0v) is 6.15. The van der Waals surface area contributed by atoms with Gasteiger partial charge < -0.3 is 4.74 Å². The minimum absolute atomic E-state index is 0.279. The van der Waals surface area contributed by atoms with Crippen LogP contribution in [0.1, 0.15) is 12.8 Å². The van der Waals surface area contributed by atoms with E-state index in [4.69, 9.17) is 11.2 Å². The monoisotopic (exact) mass is 160 g/mol. The Morgan fingerprint density at radius 2 is 1.91 bits per heavy atom. The lowest BCUT2D eigenvalue weighted by Crippen LogP contribution is -2.34. The molecular weight excluding hydrogens is 150 g/mol. The first-order valence-corrected chi connectivity index (χ1v) is 3.55. The quantitative estimate of drug-likeness (QED) is 0.530. The second-order valence-corrected chi connectivity index (χ2v) is 2.71. The molecule has 11 heavy (non-hydrogen) atoms. The minimum atomic E-state index is -2.42. The Bertz CT molecular complexity index is 165. The van der Waals surface area contributed by atoms with Crippen LogP contribution in [0, 0.1) is 17.8 Å². The molecule has 0 saturated carbocycles. The Balaban J connectivity index is 2.67. The summed E-state index contributed by atoms with van der Waals surface area (Å²) in [4.78, 5) is 0. The summed E-state index contributed by atoms with van der Waals surface area (Å²) in [5.41, 5.74) is -1.21. The number of rotatable bonds is 1. The van der Waals surface area contributed by atoms with Crippen molar-refractivity contribution in [1.29, 1.82) is 0 Å². The predicted octanol–water partition coefficient (Wildman–Crippen LogP) is 1.68. The smallest absolute Gasteiger partial charge is 0.255 e. The van der Waals surface area contributed by atoms with Gasteiger partial charge in [-0.25, -0.2) is 8.78 Å². The van der Waals surface area contributed by atoms with Gasteiger partial charge in [-0.15, -0.1) is 6.42 Å². The van der Waals surface area contributed by atoms with Crippen molar-refractivity contribution in [2.75, 3.05) is 13.2 Å². The van der Waals surface area contributed by atoms with E-state index in [0.717, 1.165) is 0 Å². The molecule has 0 spiro atoms. The van der Waals surface area contributed by atoms with E-state index in [1.165, 1.54) is 0 Å². The fourth-order valence-electron chi connectivity index (χ4n) is 1.16. The number of alkyl halides is 2. The van der Waals surface area contributed by atoms with Gasteiger partial charge in [0.1, 0.15) is 0 Å². The number of halogens is 2. The lowest BCUT2D eigenvalue weighted by Gasteiger charge is -2.31. The summed E-state index contributed by atoms with van der Waals surface area (Å²) in [7, 11) is 0. The highest BCUT2D eigenvalue weighted by Crippen LogP contribution is 2.35. The van der Waals surface area contributed by atoms with E-state index >= 15 is 0 Å². The van der Waals surface area contributed by atoms with E-state index in [9.17, 15) is 8.78 Å². The lowest BCUT2D eigenvalue weighted by molar-refractivity contribution is -0.0459. The standard InChI is InChI=1S/C8H10F2O/c1-2-8(7(9)10)3-5-11-6-4-8/h1,7H,3-6H2. The van der Waals surface area contributed by atoms with Crippen molar-refractivity contribution in [3.05, 3.63) is 0 Å². The van der Waals surface area contributed by atoms with Gasteiger partial charge in [0.2, 0.25) is 0 Å². The van der Waals surface area contributed by atoms with E-state index in [2.05, 4.69) is 5.92 Å². The molecule has 0 amide bonds. The average molecular weight is 160 g/mol. The van der Waals surface area contributed by atoms with Gasteiger partial charge in [-0.1, -0.05) is 5.92 Å². The topological polar surface area (TPSA) is 9.23 Å². The molecule has 1 saturated heterocycles. The summed E-state index contributed by atoms with van der Waals surface area (Å²) in [5.74, 6) is 2.19. The summed E-state index contributed by atoms with van der Waals surface area (Å²) in [6, 6.07) is 0. The van der Waals surface area contributed by atoms with E-state index < -0.39 is 11.8 Å². The number of hydrogen-bond acceptors (Lipinski definition) is 1. The third-order valence-corrected chi connectivity index (χ3v) is 2.09.